The number of rotatable bonds is 6. The average molecular weight is 516 g/mol. The molecule has 1 saturated heterocycles. The quantitative estimate of drug-likeness (QED) is 0.486. The highest BCUT2D eigenvalue weighted by atomic mass is 16.8. The van der Waals surface area contributed by atoms with E-state index in [1.165, 1.54) is 0 Å². The van der Waals surface area contributed by atoms with E-state index in [0.717, 1.165) is 34.7 Å². The van der Waals surface area contributed by atoms with Crippen LogP contribution in [0.1, 0.15) is 29.2 Å². The van der Waals surface area contributed by atoms with Crippen molar-refractivity contribution < 1.29 is 14.7 Å². The molecule has 0 radical (unpaired) electrons. The zero-order chi connectivity index (χ0) is 26.4. The number of benzene rings is 2. The van der Waals surface area contributed by atoms with Crippen LogP contribution >= 0.6 is 0 Å². The molecule has 3 aromatic rings. The summed E-state index contributed by atoms with van der Waals surface area (Å²) in [5, 5.41) is 24.1. The van der Waals surface area contributed by atoms with E-state index in [1.807, 2.05) is 47.0 Å². The number of methoxy groups -OCH3 is 1. The van der Waals surface area contributed by atoms with E-state index >= 15 is 0 Å². The molecule has 4 atom stereocenters. The van der Waals surface area contributed by atoms with Gasteiger partial charge in [0.05, 0.1) is 18.7 Å². The highest BCUT2D eigenvalue weighted by Crippen LogP contribution is 2.47. The third-order valence-corrected chi connectivity index (χ3v) is 8.42. The van der Waals surface area contributed by atoms with E-state index in [4.69, 9.17) is 4.74 Å². The lowest BCUT2D eigenvalue weighted by atomic mass is 9.70. The molecular formula is C29H31N4O5-. The van der Waals surface area contributed by atoms with E-state index in [-0.39, 0.29) is 46.2 Å². The predicted octanol–water partition coefficient (Wildman–Crippen LogP) is 3.07. The Morgan fingerprint density at radius 3 is 2.74 bits per heavy atom. The van der Waals surface area contributed by atoms with Crippen molar-refractivity contribution in [2.45, 2.75) is 37.8 Å². The third-order valence-electron chi connectivity index (χ3n) is 8.42. The highest BCUT2D eigenvalue weighted by molar-refractivity contribution is 5.82. The molecular weight excluding hydrogens is 484 g/mol. The molecule has 3 aliphatic rings. The Morgan fingerprint density at radius 1 is 1.16 bits per heavy atom. The lowest BCUT2D eigenvalue weighted by Gasteiger charge is -2.54. The summed E-state index contributed by atoms with van der Waals surface area (Å²) < 4.78 is 7.11. The van der Waals surface area contributed by atoms with Gasteiger partial charge in [-0.15, -0.1) is 0 Å². The molecule has 0 spiro atoms. The van der Waals surface area contributed by atoms with Crippen molar-refractivity contribution in [1.82, 2.24) is 9.88 Å². The lowest BCUT2D eigenvalue weighted by molar-refractivity contribution is -0.126. The number of nitrogens with one attached hydrogen (secondary N) is 1. The van der Waals surface area contributed by atoms with Gasteiger partial charge in [0, 0.05) is 49.0 Å². The Labute approximate surface area is 220 Å². The Hall–Kier alpha value is -3.82. The third kappa shape index (κ3) is 4.31. The number of ether oxygens (including phenoxy) is 1. The maximum absolute atomic E-state index is 13.7. The molecule has 38 heavy (non-hydrogen) atoms. The first-order valence-corrected chi connectivity index (χ1v) is 13.1. The Bertz CT molecular complexity index is 1400. The lowest BCUT2D eigenvalue weighted by Crippen LogP contribution is -2.61. The van der Waals surface area contributed by atoms with Crippen molar-refractivity contribution in [2.75, 3.05) is 30.3 Å². The molecule has 1 amide bonds. The topological polar surface area (TPSA) is 110 Å². The number of hydrogen-bond donors (Lipinski definition) is 2. The molecule has 2 aromatic carbocycles. The van der Waals surface area contributed by atoms with Gasteiger partial charge in [0.25, 0.3) is 5.56 Å². The number of fused-ring (bicyclic) bond motifs is 8. The maximum atomic E-state index is 13.7. The minimum Gasteiger partial charge on any atom is -0.733 e. The largest absolute Gasteiger partial charge is 0.733 e. The molecule has 4 heterocycles. The van der Waals surface area contributed by atoms with Gasteiger partial charge in [-0.25, -0.2) is 0 Å². The van der Waals surface area contributed by atoms with Crippen molar-refractivity contribution >= 4 is 17.3 Å². The van der Waals surface area contributed by atoms with Gasteiger partial charge in [-0.05, 0) is 72.7 Å². The number of hydrogen-bond acceptors (Lipinski definition) is 7. The Balaban J connectivity index is 1.29. The summed E-state index contributed by atoms with van der Waals surface area (Å²) in [6, 6.07) is 18.4. The molecule has 1 fully saturated rings. The van der Waals surface area contributed by atoms with Crippen LogP contribution in [0.5, 0.6) is 5.75 Å². The number of aromatic nitrogens is 1. The van der Waals surface area contributed by atoms with Crippen LogP contribution in [0, 0.1) is 17.0 Å². The van der Waals surface area contributed by atoms with E-state index in [1.54, 1.807) is 25.3 Å². The second-order valence-corrected chi connectivity index (χ2v) is 10.5. The van der Waals surface area contributed by atoms with Gasteiger partial charge < -0.3 is 30.0 Å². The van der Waals surface area contributed by atoms with Crippen LogP contribution in [-0.2, 0) is 24.2 Å². The minimum absolute atomic E-state index is 0.00507. The molecule has 9 nitrogen and oxygen atoms in total. The van der Waals surface area contributed by atoms with Crippen LogP contribution in [0.3, 0.4) is 0 Å². The molecule has 4 unspecified atom stereocenters. The van der Waals surface area contributed by atoms with Crippen LogP contribution in [0.4, 0.5) is 11.4 Å². The maximum Gasteiger partial charge on any atom is 0.250 e. The normalized spacial score (nSPS) is 23.1. The van der Waals surface area contributed by atoms with E-state index in [2.05, 4.69) is 10.2 Å². The smallest absolute Gasteiger partial charge is 0.250 e. The zero-order valence-corrected chi connectivity index (χ0v) is 21.2. The fourth-order valence-electron chi connectivity index (χ4n) is 6.71. The summed E-state index contributed by atoms with van der Waals surface area (Å²) in [7, 11) is 1.63. The van der Waals surface area contributed by atoms with Gasteiger partial charge in [-0.3, -0.25) is 14.8 Å². The monoisotopic (exact) mass is 515 g/mol. The number of carbonyl (C=O) groups excluding carboxylic acids is 1. The molecule has 0 aliphatic carbocycles. The SMILES string of the molecule is COc1ccc(CCNC(=O)C2Cc3cc(N([O-])O)ccc3N3CC4CC(Cn5c4cccc5=O)C23)cc1. The Kier molecular flexibility index (Phi) is 6.33. The van der Waals surface area contributed by atoms with Gasteiger partial charge in [0.1, 0.15) is 5.75 Å². The van der Waals surface area contributed by atoms with Crippen LogP contribution < -0.4 is 25.7 Å². The first-order valence-electron chi connectivity index (χ1n) is 13.1. The number of carbonyl (C=O) groups is 1. The molecule has 3 aliphatic heterocycles. The molecule has 9 heteroatoms. The predicted molar refractivity (Wildman–Crippen MR) is 144 cm³/mol. The number of anilines is 2. The summed E-state index contributed by atoms with van der Waals surface area (Å²) in [5.41, 5.74) is 4.16. The first kappa shape index (κ1) is 24.5. The molecule has 2 bridgehead atoms. The summed E-state index contributed by atoms with van der Waals surface area (Å²) in [6.45, 7) is 1.77. The van der Waals surface area contributed by atoms with Crippen molar-refractivity contribution in [2.24, 2.45) is 11.8 Å². The molecule has 6 rings (SSSR count). The van der Waals surface area contributed by atoms with Crippen molar-refractivity contribution in [3.63, 3.8) is 0 Å². The van der Waals surface area contributed by atoms with Crippen molar-refractivity contribution in [1.29, 1.82) is 0 Å². The van der Waals surface area contributed by atoms with Crippen LogP contribution in [0.15, 0.2) is 65.5 Å². The number of pyridine rings is 1. The fourth-order valence-corrected chi connectivity index (χ4v) is 6.71. The first-order chi connectivity index (χ1) is 18.4. The molecule has 1 aromatic heterocycles. The van der Waals surface area contributed by atoms with Gasteiger partial charge in [-0.1, -0.05) is 18.2 Å². The zero-order valence-electron chi connectivity index (χ0n) is 21.2. The number of amides is 1. The molecule has 198 valence electrons. The fraction of sp³-hybridized carbons (Fsp3) is 0.379. The van der Waals surface area contributed by atoms with Crippen molar-refractivity contribution in [3.8, 4) is 5.75 Å². The van der Waals surface area contributed by atoms with Gasteiger partial charge in [0.2, 0.25) is 5.91 Å². The summed E-state index contributed by atoms with van der Waals surface area (Å²) in [6.07, 6.45) is 2.09. The van der Waals surface area contributed by atoms with Crippen LogP contribution in [0.25, 0.3) is 0 Å². The molecule has 0 saturated carbocycles. The minimum atomic E-state index is -0.348. The van der Waals surface area contributed by atoms with E-state index in [0.29, 0.717) is 32.5 Å². The Morgan fingerprint density at radius 2 is 1.97 bits per heavy atom. The standard InChI is InChI=1S/C29H31N4O5/c1-38-23-8-5-18(6-9-23)11-12-30-29(35)24-15-19-14-22(33(36)37)7-10-26(19)32-16-20-13-21(28(24)32)17-31-25(20)3-2-4-27(31)34/h2-10,14,20-21,24,28,36H,11-13,15-17H2,1H3,(H,30,35)/q-1. The average Bonchev–Trinajstić information content (AvgIpc) is 2.93. The van der Waals surface area contributed by atoms with Gasteiger partial charge >= 0.3 is 0 Å². The number of piperidine rings is 1. The van der Waals surface area contributed by atoms with Crippen LogP contribution in [-0.4, -0.2) is 41.9 Å². The van der Waals surface area contributed by atoms with Gasteiger partial charge in [-0.2, -0.15) is 0 Å². The van der Waals surface area contributed by atoms with Crippen molar-refractivity contribution in [3.05, 3.63) is 93.0 Å². The van der Waals surface area contributed by atoms with Gasteiger partial charge in [0.15, 0.2) is 0 Å². The van der Waals surface area contributed by atoms with E-state index < -0.39 is 0 Å². The summed E-state index contributed by atoms with van der Waals surface area (Å²) >= 11 is 0. The second kappa shape index (κ2) is 9.81. The highest BCUT2D eigenvalue weighted by Gasteiger charge is 2.49. The second-order valence-electron chi connectivity index (χ2n) is 10.5. The number of nitrogens with zero attached hydrogens (tertiary/aromatic N) is 3. The summed E-state index contributed by atoms with van der Waals surface area (Å²) in [5.74, 6) is 0.732. The van der Waals surface area contributed by atoms with Crippen LogP contribution in [0.2, 0.25) is 0 Å². The van der Waals surface area contributed by atoms with E-state index in [9.17, 15) is 20.0 Å². The summed E-state index contributed by atoms with van der Waals surface area (Å²) in [4.78, 5) is 28.7. The molecule has 2 N–H and O–H groups in total.